The second-order valence-electron chi connectivity index (χ2n) is 8.83. The smallest absolute Gasteiger partial charge is 0.220 e. The third kappa shape index (κ3) is 6.34. The molecule has 30 heavy (non-hydrogen) atoms. The maximum absolute atomic E-state index is 11.7. The molecular formula is C24H39IN4O. The molecule has 1 aromatic rings. The van der Waals surface area contributed by atoms with Crippen LogP contribution in [0.15, 0.2) is 29.3 Å². The van der Waals surface area contributed by atoms with Gasteiger partial charge in [0.1, 0.15) is 0 Å². The van der Waals surface area contributed by atoms with Crippen LogP contribution < -0.4 is 10.6 Å². The molecule has 3 rings (SSSR count). The van der Waals surface area contributed by atoms with Crippen LogP contribution in [0.2, 0.25) is 0 Å². The zero-order chi connectivity index (χ0) is 20.7. The van der Waals surface area contributed by atoms with E-state index >= 15 is 0 Å². The zero-order valence-electron chi connectivity index (χ0n) is 18.9. The summed E-state index contributed by atoms with van der Waals surface area (Å²) >= 11 is 0. The van der Waals surface area contributed by atoms with Crippen molar-refractivity contribution in [2.24, 2.45) is 10.9 Å². The number of guanidine groups is 1. The Hall–Kier alpha value is -1.31. The fourth-order valence-corrected chi connectivity index (χ4v) is 4.93. The van der Waals surface area contributed by atoms with Gasteiger partial charge in [0.2, 0.25) is 5.91 Å². The van der Waals surface area contributed by atoms with Crippen LogP contribution >= 0.6 is 24.0 Å². The number of aliphatic imine (C=N–C) groups is 1. The van der Waals surface area contributed by atoms with Gasteiger partial charge in [-0.05, 0) is 51.0 Å². The number of rotatable bonds is 6. The Bertz CT molecular complexity index is 707. The Morgan fingerprint density at radius 1 is 1.23 bits per heavy atom. The minimum Gasteiger partial charge on any atom is -0.359 e. The number of halogens is 1. The predicted molar refractivity (Wildman–Crippen MR) is 136 cm³/mol. The molecule has 168 valence electrons. The van der Waals surface area contributed by atoms with Gasteiger partial charge in [-0.3, -0.25) is 9.79 Å². The van der Waals surface area contributed by atoms with E-state index in [1.165, 1.54) is 36.8 Å². The normalized spacial score (nSPS) is 19.3. The van der Waals surface area contributed by atoms with E-state index in [1.54, 1.807) is 7.05 Å². The van der Waals surface area contributed by atoms with E-state index in [9.17, 15) is 4.79 Å². The summed E-state index contributed by atoms with van der Waals surface area (Å²) < 4.78 is 0. The second kappa shape index (κ2) is 11.9. The van der Waals surface area contributed by atoms with Gasteiger partial charge in [-0.25, -0.2) is 0 Å². The van der Waals surface area contributed by atoms with Crippen LogP contribution in [0.1, 0.15) is 63.0 Å². The molecular weight excluding hydrogens is 487 g/mol. The molecule has 1 heterocycles. The molecule has 2 aliphatic rings. The average molecular weight is 527 g/mol. The number of amides is 1. The lowest BCUT2D eigenvalue weighted by molar-refractivity contribution is -0.121. The molecule has 1 saturated carbocycles. The number of piperidine rings is 1. The van der Waals surface area contributed by atoms with E-state index in [-0.39, 0.29) is 35.3 Å². The first kappa shape index (κ1) is 25.0. The van der Waals surface area contributed by atoms with E-state index in [0.717, 1.165) is 45.0 Å². The van der Waals surface area contributed by atoms with Gasteiger partial charge in [0.05, 0.1) is 6.54 Å². The lowest BCUT2D eigenvalue weighted by atomic mass is 9.78. The predicted octanol–water partition coefficient (Wildman–Crippen LogP) is 4.24. The SMILES string of the molecule is CCNC(=NCC1(c2cccc(C)c2)CCCC1)N1CCC(CC(=O)NC)CC1.I. The average Bonchev–Trinajstić information content (AvgIpc) is 3.22. The van der Waals surface area contributed by atoms with Crippen molar-refractivity contribution in [2.75, 3.05) is 33.2 Å². The van der Waals surface area contributed by atoms with E-state index in [1.807, 2.05) is 0 Å². The Labute approximate surface area is 199 Å². The Kier molecular flexibility index (Phi) is 9.91. The van der Waals surface area contributed by atoms with E-state index in [0.29, 0.717) is 12.3 Å². The molecule has 2 N–H and O–H groups in total. The molecule has 0 spiro atoms. The quantitative estimate of drug-likeness (QED) is 0.331. The summed E-state index contributed by atoms with van der Waals surface area (Å²) in [4.78, 5) is 19.2. The van der Waals surface area contributed by atoms with Gasteiger partial charge in [0.25, 0.3) is 0 Å². The first-order valence-corrected chi connectivity index (χ1v) is 11.4. The topological polar surface area (TPSA) is 56.7 Å². The van der Waals surface area contributed by atoms with Gasteiger partial charge >= 0.3 is 0 Å². The molecule has 5 nitrogen and oxygen atoms in total. The minimum atomic E-state index is 0. The fourth-order valence-electron chi connectivity index (χ4n) is 4.93. The summed E-state index contributed by atoms with van der Waals surface area (Å²) in [6.45, 7) is 8.02. The first-order chi connectivity index (χ1) is 14.1. The number of benzene rings is 1. The van der Waals surface area contributed by atoms with Crippen molar-refractivity contribution in [3.8, 4) is 0 Å². The van der Waals surface area contributed by atoms with Crippen molar-refractivity contribution in [2.45, 2.75) is 64.2 Å². The number of hydrogen-bond donors (Lipinski definition) is 2. The largest absolute Gasteiger partial charge is 0.359 e. The number of hydrogen-bond acceptors (Lipinski definition) is 2. The summed E-state index contributed by atoms with van der Waals surface area (Å²) in [5.74, 6) is 1.69. The van der Waals surface area contributed by atoms with Gasteiger partial charge in [0.15, 0.2) is 5.96 Å². The molecule has 0 unspecified atom stereocenters. The van der Waals surface area contributed by atoms with Crippen molar-refractivity contribution in [1.29, 1.82) is 0 Å². The first-order valence-electron chi connectivity index (χ1n) is 11.4. The van der Waals surface area contributed by atoms with Gasteiger partial charge in [-0.2, -0.15) is 0 Å². The van der Waals surface area contributed by atoms with Gasteiger partial charge in [0, 0.05) is 38.5 Å². The number of carbonyl (C=O) groups is 1. The summed E-state index contributed by atoms with van der Waals surface area (Å²) in [5.41, 5.74) is 2.98. The van der Waals surface area contributed by atoms with Crippen molar-refractivity contribution >= 4 is 35.8 Å². The number of aryl methyl sites for hydroxylation is 1. The number of carbonyl (C=O) groups excluding carboxylic acids is 1. The number of likely N-dealkylation sites (tertiary alicyclic amines) is 1. The van der Waals surface area contributed by atoms with Crippen LogP contribution in [0.3, 0.4) is 0 Å². The molecule has 0 atom stereocenters. The lowest BCUT2D eigenvalue weighted by Gasteiger charge is -2.35. The highest BCUT2D eigenvalue weighted by molar-refractivity contribution is 14.0. The maximum atomic E-state index is 11.7. The van der Waals surface area contributed by atoms with Gasteiger partial charge < -0.3 is 15.5 Å². The molecule has 1 saturated heterocycles. The Morgan fingerprint density at radius 2 is 1.93 bits per heavy atom. The van der Waals surface area contributed by atoms with Crippen molar-refractivity contribution < 1.29 is 4.79 Å². The van der Waals surface area contributed by atoms with E-state index < -0.39 is 0 Å². The minimum absolute atomic E-state index is 0. The second-order valence-corrected chi connectivity index (χ2v) is 8.83. The molecule has 1 amide bonds. The highest BCUT2D eigenvalue weighted by Crippen LogP contribution is 2.41. The van der Waals surface area contributed by atoms with Crippen molar-refractivity contribution in [1.82, 2.24) is 15.5 Å². The molecule has 6 heteroatoms. The molecule has 2 fully saturated rings. The van der Waals surface area contributed by atoms with Crippen molar-refractivity contribution in [3.05, 3.63) is 35.4 Å². The zero-order valence-corrected chi connectivity index (χ0v) is 21.2. The molecule has 0 radical (unpaired) electrons. The molecule has 0 bridgehead atoms. The molecule has 0 aromatic heterocycles. The van der Waals surface area contributed by atoms with Crippen LogP contribution in [0.4, 0.5) is 0 Å². The van der Waals surface area contributed by atoms with Crippen LogP contribution in [-0.4, -0.2) is 50.0 Å². The third-order valence-corrected chi connectivity index (χ3v) is 6.72. The van der Waals surface area contributed by atoms with Gasteiger partial charge in [-0.1, -0.05) is 42.7 Å². The molecule has 1 aliphatic heterocycles. The molecule has 1 aromatic carbocycles. The van der Waals surface area contributed by atoms with Crippen molar-refractivity contribution in [3.63, 3.8) is 0 Å². The summed E-state index contributed by atoms with van der Waals surface area (Å²) in [6, 6.07) is 9.03. The maximum Gasteiger partial charge on any atom is 0.220 e. The monoisotopic (exact) mass is 526 g/mol. The van der Waals surface area contributed by atoms with E-state index in [2.05, 4.69) is 53.6 Å². The highest BCUT2D eigenvalue weighted by atomic mass is 127. The standard InChI is InChI=1S/C24H38N4O.HI/c1-4-26-23(28-14-10-20(11-15-28)17-22(29)25-3)27-18-24(12-5-6-13-24)21-9-7-8-19(2)16-21;/h7-9,16,20H,4-6,10-15,17-18H2,1-3H3,(H,25,29)(H,26,27);1H. The van der Waals surface area contributed by atoms with Gasteiger partial charge in [-0.15, -0.1) is 24.0 Å². The molecule has 1 aliphatic carbocycles. The third-order valence-electron chi connectivity index (χ3n) is 6.72. The lowest BCUT2D eigenvalue weighted by Crippen LogP contribution is -2.46. The van der Waals surface area contributed by atoms with Crippen LogP contribution in [0.25, 0.3) is 0 Å². The van der Waals surface area contributed by atoms with Crippen LogP contribution in [0, 0.1) is 12.8 Å². The Morgan fingerprint density at radius 3 is 2.53 bits per heavy atom. The number of nitrogens with one attached hydrogen (secondary N) is 2. The van der Waals surface area contributed by atoms with Crippen LogP contribution in [-0.2, 0) is 10.2 Å². The highest BCUT2D eigenvalue weighted by Gasteiger charge is 2.36. The number of nitrogens with zero attached hydrogens (tertiary/aromatic N) is 2. The summed E-state index contributed by atoms with van der Waals surface area (Å²) in [6.07, 6.45) is 7.81. The van der Waals surface area contributed by atoms with E-state index in [4.69, 9.17) is 4.99 Å². The fraction of sp³-hybridized carbons (Fsp3) is 0.667. The van der Waals surface area contributed by atoms with Crippen LogP contribution in [0.5, 0.6) is 0 Å². The Balaban J connectivity index is 0.00000320. The summed E-state index contributed by atoms with van der Waals surface area (Å²) in [7, 11) is 1.72. The summed E-state index contributed by atoms with van der Waals surface area (Å²) in [5, 5.41) is 6.27.